The van der Waals surface area contributed by atoms with Gasteiger partial charge in [0.1, 0.15) is 47.7 Å². The van der Waals surface area contributed by atoms with E-state index in [-0.39, 0.29) is 71.9 Å². The van der Waals surface area contributed by atoms with Crippen molar-refractivity contribution in [1.29, 1.82) is 0 Å². The molecule has 0 aliphatic carbocycles. The van der Waals surface area contributed by atoms with Crippen molar-refractivity contribution in [2.45, 2.75) is 102 Å². The van der Waals surface area contributed by atoms with Gasteiger partial charge in [0, 0.05) is 46.4 Å². The molecule has 0 spiro atoms. The molecule has 0 saturated heterocycles. The lowest BCUT2D eigenvalue weighted by Gasteiger charge is -2.28. The highest BCUT2D eigenvalue weighted by Gasteiger charge is 2.30. The maximum absolute atomic E-state index is 13.5. The Hall–Kier alpha value is -3.72. The van der Waals surface area contributed by atoms with Gasteiger partial charge in [-0.25, -0.2) is 17.6 Å². The summed E-state index contributed by atoms with van der Waals surface area (Å²) in [5.41, 5.74) is 29.7. The van der Waals surface area contributed by atoms with E-state index in [1.54, 1.807) is 24.3 Å². The SMILES string of the molecule is C[C@@H](N)[C@@H]1OCCc2cccc(F)c21.C[C@@H](N)[C@H]1OCCc2cccc(F)c21.C[C@H](N)[C@@H]1OCCc2cccc(F)c21.C[C@H](N)[C@H]1OCCc2cccc(F)c21. The molecule has 0 saturated carbocycles. The van der Waals surface area contributed by atoms with Crippen molar-refractivity contribution < 1.29 is 36.5 Å². The molecule has 4 aromatic rings. The van der Waals surface area contributed by atoms with Gasteiger partial charge in [-0.1, -0.05) is 48.5 Å². The molecule has 0 radical (unpaired) electrons. The summed E-state index contributed by atoms with van der Waals surface area (Å²) in [5, 5.41) is 0. The predicted molar refractivity (Wildman–Crippen MR) is 210 cm³/mol. The van der Waals surface area contributed by atoms with E-state index in [2.05, 4.69) is 0 Å². The molecule has 8 N–H and O–H groups in total. The molecule has 4 aromatic carbocycles. The summed E-state index contributed by atoms with van der Waals surface area (Å²) in [6, 6.07) is 19.8. The van der Waals surface area contributed by atoms with Crippen LogP contribution in [-0.2, 0) is 44.6 Å². The van der Waals surface area contributed by atoms with Crippen LogP contribution in [0.2, 0.25) is 0 Å². The summed E-state index contributed by atoms with van der Waals surface area (Å²) < 4.78 is 76.1. The molecule has 304 valence electrons. The zero-order valence-electron chi connectivity index (χ0n) is 32.7. The summed E-state index contributed by atoms with van der Waals surface area (Å²) in [7, 11) is 0. The van der Waals surface area contributed by atoms with Crippen LogP contribution in [-0.4, -0.2) is 50.6 Å². The van der Waals surface area contributed by atoms with Gasteiger partial charge in [-0.2, -0.15) is 0 Å². The highest BCUT2D eigenvalue weighted by Crippen LogP contribution is 2.34. The molecule has 56 heavy (non-hydrogen) atoms. The Bertz CT molecular complexity index is 1620. The zero-order valence-corrected chi connectivity index (χ0v) is 32.7. The Morgan fingerprint density at radius 3 is 0.768 bits per heavy atom. The van der Waals surface area contributed by atoms with Crippen molar-refractivity contribution in [3.05, 3.63) is 141 Å². The van der Waals surface area contributed by atoms with Gasteiger partial charge in [0.25, 0.3) is 0 Å². The molecule has 8 atom stereocenters. The van der Waals surface area contributed by atoms with E-state index in [0.717, 1.165) is 47.9 Å². The number of ether oxygens (including phenoxy) is 4. The number of benzene rings is 4. The number of rotatable bonds is 4. The van der Waals surface area contributed by atoms with Crippen LogP contribution in [0, 0.1) is 23.3 Å². The van der Waals surface area contributed by atoms with Crippen LogP contribution in [0.25, 0.3) is 0 Å². The fraction of sp³-hybridized carbons (Fsp3) is 0.455. The molecule has 8 nitrogen and oxygen atoms in total. The largest absolute Gasteiger partial charge is 0.371 e. The third-order valence-electron chi connectivity index (χ3n) is 10.3. The van der Waals surface area contributed by atoms with Crippen molar-refractivity contribution in [2.24, 2.45) is 22.9 Å². The van der Waals surface area contributed by atoms with E-state index in [1.165, 1.54) is 24.3 Å². The van der Waals surface area contributed by atoms with Crippen LogP contribution < -0.4 is 22.9 Å². The van der Waals surface area contributed by atoms with Crippen molar-refractivity contribution in [3.8, 4) is 0 Å². The summed E-state index contributed by atoms with van der Waals surface area (Å²) in [4.78, 5) is 0. The van der Waals surface area contributed by atoms with Crippen LogP contribution in [0.1, 0.15) is 96.6 Å². The lowest BCUT2D eigenvalue weighted by atomic mass is 9.94. The topological polar surface area (TPSA) is 141 Å². The highest BCUT2D eigenvalue weighted by molar-refractivity contribution is 5.36. The normalized spacial score (nSPS) is 22.9. The molecule has 4 aliphatic rings. The maximum Gasteiger partial charge on any atom is 0.129 e. The molecular formula is C44H56F4N4O4. The smallest absolute Gasteiger partial charge is 0.129 e. The van der Waals surface area contributed by atoms with Gasteiger partial charge in [0.2, 0.25) is 0 Å². The summed E-state index contributed by atoms with van der Waals surface area (Å²) in [5.74, 6) is -0.817. The Kier molecular flexibility index (Phi) is 15.6. The van der Waals surface area contributed by atoms with Crippen molar-refractivity contribution in [1.82, 2.24) is 0 Å². The van der Waals surface area contributed by atoms with E-state index in [1.807, 2.05) is 52.0 Å². The molecule has 12 heteroatoms. The second kappa shape index (κ2) is 20.1. The summed E-state index contributed by atoms with van der Waals surface area (Å²) in [6.45, 7) is 9.87. The fourth-order valence-electron chi connectivity index (χ4n) is 7.65. The minimum Gasteiger partial charge on any atom is -0.371 e. The van der Waals surface area contributed by atoms with Crippen molar-refractivity contribution in [3.63, 3.8) is 0 Å². The van der Waals surface area contributed by atoms with Gasteiger partial charge in [0.05, 0.1) is 26.4 Å². The van der Waals surface area contributed by atoms with Gasteiger partial charge in [-0.05, 0) is 99.9 Å². The lowest BCUT2D eigenvalue weighted by molar-refractivity contribution is 0.0256. The molecule has 0 aromatic heterocycles. The first-order valence-corrected chi connectivity index (χ1v) is 19.4. The summed E-state index contributed by atoms with van der Waals surface area (Å²) >= 11 is 0. The van der Waals surface area contributed by atoms with E-state index in [4.69, 9.17) is 41.9 Å². The molecule has 4 aliphatic heterocycles. The second-order valence-electron chi connectivity index (χ2n) is 14.9. The quantitative estimate of drug-likeness (QED) is 0.160. The Labute approximate surface area is 327 Å². The van der Waals surface area contributed by atoms with Crippen LogP contribution in [0.3, 0.4) is 0 Å². The predicted octanol–water partition coefficient (Wildman–Crippen LogP) is 7.15. The molecular weight excluding hydrogens is 724 g/mol. The van der Waals surface area contributed by atoms with Crippen LogP contribution >= 0.6 is 0 Å². The van der Waals surface area contributed by atoms with E-state index in [9.17, 15) is 17.6 Å². The molecule has 0 bridgehead atoms. The number of nitrogens with two attached hydrogens (primary N) is 4. The van der Waals surface area contributed by atoms with E-state index in [0.29, 0.717) is 48.7 Å². The third-order valence-corrected chi connectivity index (χ3v) is 10.3. The molecule has 8 rings (SSSR count). The van der Waals surface area contributed by atoms with Gasteiger partial charge < -0.3 is 41.9 Å². The third kappa shape index (κ3) is 10.4. The molecule has 4 heterocycles. The van der Waals surface area contributed by atoms with E-state index < -0.39 is 0 Å². The van der Waals surface area contributed by atoms with E-state index >= 15 is 0 Å². The standard InChI is InChI=1S/4C11H14FNO/c4*1-7(13)11-10-8(5-6-14-11)3-2-4-9(10)12/h4*2-4,7,11H,5-6,13H2,1H3/t2*7-,11+;2*7-,11-/m1010/s1. The van der Waals surface area contributed by atoms with Crippen molar-refractivity contribution >= 4 is 0 Å². The first-order chi connectivity index (χ1) is 26.8. The zero-order chi connectivity index (χ0) is 40.5. The number of fused-ring (bicyclic) bond motifs is 4. The second-order valence-corrected chi connectivity index (χ2v) is 14.9. The molecule has 0 unspecified atom stereocenters. The van der Waals surface area contributed by atoms with Crippen LogP contribution in [0.4, 0.5) is 17.6 Å². The number of halogens is 4. The number of hydrogen-bond acceptors (Lipinski definition) is 8. The first kappa shape index (κ1) is 43.4. The number of hydrogen-bond donors (Lipinski definition) is 4. The monoisotopic (exact) mass is 780 g/mol. The maximum atomic E-state index is 13.5. The molecule has 0 amide bonds. The highest BCUT2D eigenvalue weighted by atomic mass is 19.1. The van der Waals surface area contributed by atoms with Gasteiger partial charge >= 0.3 is 0 Å². The minimum absolute atomic E-state index is 0.175. The van der Waals surface area contributed by atoms with Crippen molar-refractivity contribution in [2.75, 3.05) is 26.4 Å². The lowest BCUT2D eigenvalue weighted by Crippen LogP contribution is -2.31. The minimum atomic E-state index is -0.292. The van der Waals surface area contributed by atoms with Gasteiger partial charge in [0.15, 0.2) is 0 Å². The van der Waals surface area contributed by atoms with Gasteiger partial charge in [-0.3, -0.25) is 0 Å². The fourth-order valence-corrected chi connectivity index (χ4v) is 7.65. The summed E-state index contributed by atoms with van der Waals surface area (Å²) in [6.07, 6.45) is 1.93. The molecule has 0 fully saturated rings. The Morgan fingerprint density at radius 1 is 0.393 bits per heavy atom. The van der Waals surface area contributed by atoms with Crippen LogP contribution in [0.5, 0.6) is 0 Å². The van der Waals surface area contributed by atoms with Gasteiger partial charge in [-0.15, -0.1) is 0 Å². The first-order valence-electron chi connectivity index (χ1n) is 19.4. The van der Waals surface area contributed by atoms with Crippen LogP contribution in [0.15, 0.2) is 72.8 Å². The Morgan fingerprint density at radius 2 is 0.589 bits per heavy atom. The Balaban J connectivity index is 0.000000143. The average molecular weight is 781 g/mol. The average Bonchev–Trinajstić information content (AvgIpc) is 3.18.